The predicted octanol–water partition coefficient (Wildman–Crippen LogP) is 1.50. The Morgan fingerprint density at radius 3 is 3.08 bits per heavy atom. The molecule has 12 heavy (non-hydrogen) atoms. The van der Waals surface area contributed by atoms with E-state index >= 15 is 0 Å². The normalized spacial score (nSPS) is 22.3. The van der Waals surface area contributed by atoms with Crippen LogP contribution in [0.3, 0.4) is 0 Å². The molecule has 0 fully saturated rings. The maximum absolute atomic E-state index is 10.5. The summed E-state index contributed by atoms with van der Waals surface area (Å²) in [5.74, 6) is -0.0700. The molecule has 0 bridgehead atoms. The molecular formula is C8H8ClNO2. The van der Waals surface area contributed by atoms with Gasteiger partial charge in [0.25, 0.3) is 0 Å². The van der Waals surface area contributed by atoms with E-state index in [-0.39, 0.29) is 0 Å². The molecule has 1 aliphatic heterocycles. The van der Waals surface area contributed by atoms with Gasteiger partial charge in [0, 0.05) is 6.20 Å². The molecule has 4 heteroatoms. The van der Waals surface area contributed by atoms with E-state index in [1.165, 1.54) is 13.3 Å². The van der Waals surface area contributed by atoms with Crippen LogP contribution in [0, 0.1) is 5.92 Å². The number of ether oxygens (including phenoxy) is 1. The Kier molecular flexibility index (Phi) is 3.05. The molecule has 0 amide bonds. The van der Waals surface area contributed by atoms with Gasteiger partial charge in [-0.2, -0.15) is 0 Å². The quantitative estimate of drug-likeness (QED) is 0.581. The van der Waals surface area contributed by atoms with Crippen LogP contribution < -0.4 is 0 Å². The third kappa shape index (κ3) is 1.95. The minimum absolute atomic E-state index is 0.358. The molecule has 1 heterocycles. The van der Waals surface area contributed by atoms with Crippen molar-refractivity contribution in [2.75, 3.05) is 7.11 Å². The number of nitrogens with zero attached hydrogens (tertiary/aromatic N) is 1. The van der Waals surface area contributed by atoms with Crippen molar-refractivity contribution in [1.29, 1.82) is 0 Å². The standard InChI is InChI=1S/C8H8ClNO2/c1-12-8-6(5-11)2-3-7(9)4-10-8/h2-6H,1H3. The van der Waals surface area contributed by atoms with Crippen molar-refractivity contribution < 1.29 is 9.53 Å². The molecule has 0 radical (unpaired) electrons. The number of allylic oxidation sites excluding steroid dienone is 2. The van der Waals surface area contributed by atoms with Gasteiger partial charge in [-0.3, -0.25) is 0 Å². The van der Waals surface area contributed by atoms with Crippen molar-refractivity contribution in [3.8, 4) is 0 Å². The monoisotopic (exact) mass is 185 g/mol. The summed E-state index contributed by atoms with van der Waals surface area (Å²) in [5.41, 5.74) is 0. The lowest BCUT2D eigenvalue weighted by molar-refractivity contribution is -0.108. The van der Waals surface area contributed by atoms with Gasteiger partial charge in [0.1, 0.15) is 12.2 Å². The molecule has 3 nitrogen and oxygen atoms in total. The fourth-order valence-electron chi connectivity index (χ4n) is 0.825. The summed E-state index contributed by atoms with van der Waals surface area (Å²) in [6, 6.07) is 0. The number of hydrogen-bond acceptors (Lipinski definition) is 3. The highest BCUT2D eigenvalue weighted by Gasteiger charge is 2.13. The summed E-state index contributed by atoms with van der Waals surface area (Å²) in [4.78, 5) is 14.4. The van der Waals surface area contributed by atoms with Crippen molar-refractivity contribution >= 4 is 23.8 Å². The number of halogens is 1. The highest BCUT2D eigenvalue weighted by atomic mass is 35.5. The minimum Gasteiger partial charge on any atom is -0.483 e. The highest BCUT2D eigenvalue weighted by molar-refractivity contribution is 6.31. The third-order valence-corrected chi connectivity index (χ3v) is 1.64. The molecule has 0 spiro atoms. The van der Waals surface area contributed by atoms with Crippen LogP contribution in [-0.2, 0) is 9.53 Å². The number of aldehydes is 1. The molecule has 1 unspecified atom stereocenters. The largest absolute Gasteiger partial charge is 0.483 e. The number of aliphatic imine (C=N–C) groups is 1. The molecule has 1 aliphatic rings. The average Bonchev–Trinajstić information content (AvgIpc) is 2.27. The van der Waals surface area contributed by atoms with Gasteiger partial charge in [-0.05, 0) is 6.08 Å². The molecule has 0 saturated carbocycles. The van der Waals surface area contributed by atoms with Crippen molar-refractivity contribution in [3.05, 3.63) is 23.4 Å². The van der Waals surface area contributed by atoms with Gasteiger partial charge in [0.2, 0.25) is 5.90 Å². The van der Waals surface area contributed by atoms with Crippen LogP contribution in [0.1, 0.15) is 0 Å². The van der Waals surface area contributed by atoms with Gasteiger partial charge in [0.15, 0.2) is 0 Å². The molecule has 0 aromatic rings. The summed E-state index contributed by atoms with van der Waals surface area (Å²) in [7, 11) is 1.47. The van der Waals surface area contributed by atoms with Gasteiger partial charge in [-0.15, -0.1) is 0 Å². The Labute approximate surface area is 75.4 Å². The fraction of sp³-hybridized carbons (Fsp3) is 0.250. The number of rotatable bonds is 1. The first-order chi connectivity index (χ1) is 5.77. The SMILES string of the molecule is COC1=NC=C(Cl)C=CC1C=O. The zero-order valence-electron chi connectivity index (χ0n) is 6.53. The third-order valence-electron chi connectivity index (χ3n) is 1.42. The number of methoxy groups -OCH3 is 1. The molecule has 0 aliphatic carbocycles. The zero-order valence-corrected chi connectivity index (χ0v) is 7.28. The molecule has 1 atom stereocenters. The first-order valence-electron chi connectivity index (χ1n) is 3.38. The minimum atomic E-state index is -0.428. The van der Waals surface area contributed by atoms with Gasteiger partial charge in [-0.1, -0.05) is 17.7 Å². The fourth-order valence-corrected chi connectivity index (χ4v) is 0.946. The first-order valence-corrected chi connectivity index (χ1v) is 3.76. The molecule has 0 aromatic heterocycles. The first kappa shape index (κ1) is 9.00. The van der Waals surface area contributed by atoms with E-state index in [9.17, 15) is 4.79 Å². The summed E-state index contributed by atoms with van der Waals surface area (Å²) in [5, 5.41) is 0.480. The molecule has 64 valence electrons. The molecule has 0 N–H and O–H groups in total. The van der Waals surface area contributed by atoms with Crippen molar-refractivity contribution in [3.63, 3.8) is 0 Å². The number of carbonyl (C=O) groups excluding carboxylic acids is 1. The van der Waals surface area contributed by atoms with E-state index in [2.05, 4.69) is 4.99 Å². The van der Waals surface area contributed by atoms with Crippen LogP contribution in [0.15, 0.2) is 28.4 Å². The zero-order chi connectivity index (χ0) is 8.97. The van der Waals surface area contributed by atoms with Crippen molar-refractivity contribution in [2.45, 2.75) is 0 Å². The van der Waals surface area contributed by atoms with E-state index in [0.717, 1.165) is 6.29 Å². The summed E-state index contributed by atoms with van der Waals surface area (Å²) in [6.07, 6.45) is 5.46. The van der Waals surface area contributed by atoms with Crippen LogP contribution in [0.4, 0.5) is 0 Å². The van der Waals surface area contributed by atoms with Crippen LogP contribution in [0.5, 0.6) is 0 Å². The van der Waals surface area contributed by atoms with E-state index in [1.54, 1.807) is 12.2 Å². The Balaban J connectivity index is 2.93. The van der Waals surface area contributed by atoms with E-state index in [1.807, 2.05) is 0 Å². The lowest BCUT2D eigenvalue weighted by Crippen LogP contribution is -2.14. The smallest absolute Gasteiger partial charge is 0.202 e. The van der Waals surface area contributed by atoms with E-state index in [0.29, 0.717) is 10.9 Å². The Morgan fingerprint density at radius 2 is 2.50 bits per heavy atom. The van der Waals surface area contributed by atoms with Crippen LogP contribution >= 0.6 is 11.6 Å². The topological polar surface area (TPSA) is 38.7 Å². The summed E-state index contributed by atoms with van der Waals surface area (Å²) >= 11 is 5.66. The van der Waals surface area contributed by atoms with Crippen molar-refractivity contribution in [2.24, 2.45) is 10.9 Å². The summed E-state index contributed by atoms with van der Waals surface area (Å²) < 4.78 is 4.89. The summed E-state index contributed by atoms with van der Waals surface area (Å²) in [6.45, 7) is 0. The van der Waals surface area contributed by atoms with Crippen molar-refractivity contribution in [1.82, 2.24) is 0 Å². The van der Waals surface area contributed by atoms with E-state index in [4.69, 9.17) is 16.3 Å². The maximum Gasteiger partial charge on any atom is 0.202 e. The maximum atomic E-state index is 10.5. The molecule has 0 aromatic carbocycles. The number of hydrogen-bond donors (Lipinski definition) is 0. The Bertz CT molecular complexity index is 268. The van der Waals surface area contributed by atoms with Crippen LogP contribution in [0.25, 0.3) is 0 Å². The van der Waals surface area contributed by atoms with Gasteiger partial charge in [0.05, 0.1) is 12.1 Å². The average molecular weight is 186 g/mol. The van der Waals surface area contributed by atoms with Gasteiger partial charge >= 0.3 is 0 Å². The molecule has 0 saturated heterocycles. The second kappa shape index (κ2) is 4.07. The Hall–Kier alpha value is -1.09. The van der Waals surface area contributed by atoms with Gasteiger partial charge < -0.3 is 9.53 Å². The van der Waals surface area contributed by atoms with Crippen LogP contribution in [0.2, 0.25) is 0 Å². The predicted molar refractivity (Wildman–Crippen MR) is 47.1 cm³/mol. The highest BCUT2D eigenvalue weighted by Crippen LogP contribution is 2.12. The lowest BCUT2D eigenvalue weighted by atomic mass is 10.1. The molecule has 1 rings (SSSR count). The van der Waals surface area contributed by atoms with Gasteiger partial charge in [-0.25, -0.2) is 4.99 Å². The second-order valence-corrected chi connectivity index (χ2v) is 2.64. The van der Waals surface area contributed by atoms with Crippen LogP contribution in [-0.4, -0.2) is 19.3 Å². The second-order valence-electron chi connectivity index (χ2n) is 2.21. The molecular weight excluding hydrogens is 178 g/mol. The van der Waals surface area contributed by atoms with E-state index < -0.39 is 5.92 Å². The lowest BCUT2D eigenvalue weighted by Gasteiger charge is -2.04. The Morgan fingerprint density at radius 1 is 1.75 bits per heavy atom. The number of carbonyl (C=O) groups is 1.